The van der Waals surface area contributed by atoms with Gasteiger partial charge >= 0.3 is 0 Å². The zero-order valence-corrected chi connectivity index (χ0v) is 14.4. The summed E-state index contributed by atoms with van der Waals surface area (Å²) >= 11 is 0. The second-order valence-corrected chi connectivity index (χ2v) is 5.81. The van der Waals surface area contributed by atoms with E-state index in [1.807, 2.05) is 0 Å². The number of anilines is 1. The average molecular weight is 369 g/mol. The molecule has 3 rings (SSSR count). The van der Waals surface area contributed by atoms with Crippen molar-refractivity contribution in [1.29, 1.82) is 0 Å². The predicted molar refractivity (Wildman–Crippen MR) is 94.0 cm³/mol. The lowest BCUT2D eigenvalue weighted by Gasteiger charge is -2.06. The lowest BCUT2D eigenvalue weighted by atomic mass is 10.1. The van der Waals surface area contributed by atoms with Crippen LogP contribution >= 0.6 is 0 Å². The molecule has 0 saturated heterocycles. The number of primary amides is 1. The number of nitrogens with zero attached hydrogens (tertiary/aromatic N) is 4. The summed E-state index contributed by atoms with van der Waals surface area (Å²) in [5.74, 6) is -1.58. The lowest BCUT2D eigenvalue weighted by molar-refractivity contribution is -0.116. The van der Waals surface area contributed by atoms with E-state index in [9.17, 15) is 14.0 Å². The molecule has 9 nitrogen and oxygen atoms in total. The van der Waals surface area contributed by atoms with Crippen LogP contribution in [0.3, 0.4) is 0 Å². The quantitative estimate of drug-likeness (QED) is 0.561. The number of carbonyl (C=O) groups is 2. The summed E-state index contributed by atoms with van der Waals surface area (Å²) in [5.41, 5.74) is 7.86. The van der Waals surface area contributed by atoms with Gasteiger partial charge in [-0.3, -0.25) is 14.7 Å². The summed E-state index contributed by atoms with van der Waals surface area (Å²) in [6.07, 6.45) is 4.83. The van der Waals surface area contributed by atoms with Crippen LogP contribution in [0.4, 0.5) is 10.2 Å². The highest BCUT2D eigenvalue weighted by Gasteiger charge is 2.22. The average Bonchev–Trinajstić information content (AvgIpc) is 3.05. The van der Waals surface area contributed by atoms with Crippen molar-refractivity contribution in [2.24, 2.45) is 5.73 Å². The molecule has 27 heavy (non-hydrogen) atoms. The van der Waals surface area contributed by atoms with Crippen molar-refractivity contribution in [3.05, 3.63) is 53.4 Å². The first-order chi connectivity index (χ1) is 13.0. The van der Waals surface area contributed by atoms with Crippen LogP contribution in [-0.2, 0) is 11.2 Å². The summed E-state index contributed by atoms with van der Waals surface area (Å²) < 4.78 is 12.8. The molecule has 0 unspecified atom stereocenters. The maximum absolute atomic E-state index is 12.8. The molecule has 0 aromatic carbocycles. The van der Waals surface area contributed by atoms with Crippen LogP contribution in [0.25, 0.3) is 11.3 Å². The first-order valence-electron chi connectivity index (χ1n) is 8.02. The van der Waals surface area contributed by atoms with Crippen LogP contribution in [-0.4, -0.2) is 37.2 Å². The summed E-state index contributed by atoms with van der Waals surface area (Å²) in [6, 6.07) is 2.78. The smallest absolute Gasteiger partial charge is 0.254 e. The van der Waals surface area contributed by atoms with E-state index in [-0.39, 0.29) is 29.4 Å². The molecule has 0 radical (unpaired) electrons. The number of hydrogen-bond acceptors (Lipinski definition) is 6. The van der Waals surface area contributed by atoms with Crippen LogP contribution in [0.15, 0.2) is 30.7 Å². The third-order valence-corrected chi connectivity index (χ3v) is 3.89. The Kier molecular flexibility index (Phi) is 5.15. The van der Waals surface area contributed by atoms with E-state index >= 15 is 0 Å². The highest BCUT2D eigenvalue weighted by atomic mass is 19.1. The Morgan fingerprint density at radius 3 is 2.67 bits per heavy atom. The maximum atomic E-state index is 12.8. The van der Waals surface area contributed by atoms with Crippen molar-refractivity contribution < 1.29 is 14.0 Å². The molecule has 0 aliphatic heterocycles. The fourth-order valence-corrected chi connectivity index (χ4v) is 2.51. The molecule has 4 N–H and O–H groups in total. The van der Waals surface area contributed by atoms with Crippen LogP contribution in [0, 0.1) is 12.9 Å². The number of pyridine rings is 1. The fourth-order valence-electron chi connectivity index (χ4n) is 2.51. The predicted octanol–water partition coefficient (Wildman–Crippen LogP) is 1.38. The second-order valence-electron chi connectivity index (χ2n) is 5.81. The van der Waals surface area contributed by atoms with E-state index in [1.165, 1.54) is 24.7 Å². The number of aromatic nitrogens is 5. The zero-order chi connectivity index (χ0) is 19.4. The topological polar surface area (TPSA) is 140 Å². The molecular formula is C17H16FN7O2. The number of halogens is 1. The molecule has 0 fully saturated rings. The number of nitrogens with one attached hydrogen (secondary N) is 2. The molecule has 3 aromatic rings. The van der Waals surface area contributed by atoms with E-state index in [1.54, 1.807) is 13.0 Å². The Hall–Kier alpha value is -3.69. The maximum Gasteiger partial charge on any atom is 0.254 e. The van der Waals surface area contributed by atoms with Crippen molar-refractivity contribution in [3.63, 3.8) is 0 Å². The number of amides is 2. The first kappa shape index (κ1) is 18.1. The Bertz CT molecular complexity index is 985. The normalized spacial score (nSPS) is 10.6. The minimum absolute atomic E-state index is 0.0582. The summed E-state index contributed by atoms with van der Waals surface area (Å²) in [5, 5.41) is 16.9. The minimum Gasteiger partial charge on any atom is -0.365 e. The molecule has 3 aromatic heterocycles. The SMILES string of the molecule is Cc1cnncc1-c1n[nH]c(NC(=O)CCc2ccc(F)nc2)c1C(N)=O. The van der Waals surface area contributed by atoms with Gasteiger partial charge in [0.05, 0.1) is 12.4 Å². The van der Waals surface area contributed by atoms with Gasteiger partial charge in [0.1, 0.15) is 17.1 Å². The molecule has 0 bridgehead atoms. The molecule has 10 heteroatoms. The third-order valence-electron chi connectivity index (χ3n) is 3.89. The molecule has 0 atom stereocenters. The van der Waals surface area contributed by atoms with Gasteiger partial charge in [0.15, 0.2) is 0 Å². The Morgan fingerprint density at radius 1 is 1.22 bits per heavy atom. The number of rotatable bonds is 6. The monoisotopic (exact) mass is 369 g/mol. The first-order valence-corrected chi connectivity index (χ1v) is 8.02. The van der Waals surface area contributed by atoms with E-state index in [0.717, 1.165) is 5.56 Å². The van der Waals surface area contributed by atoms with E-state index in [0.29, 0.717) is 17.5 Å². The van der Waals surface area contributed by atoms with Gasteiger partial charge in [0.25, 0.3) is 5.91 Å². The van der Waals surface area contributed by atoms with Gasteiger partial charge in [-0.2, -0.15) is 19.7 Å². The van der Waals surface area contributed by atoms with Gasteiger partial charge in [-0.1, -0.05) is 6.07 Å². The summed E-state index contributed by atoms with van der Waals surface area (Å²) in [6.45, 7) is 1.79. The Labute approximate surface area is 153 Å². The second kappa shape index (κ2) is 7.68. The standard InChI is InChI=1S/C17H16FN7O2/c1-9-6-21-22-8-11(9)15-14(16(19)27)17(25-24-15)23-13(26)5-3-10-2-4-12(18)20-7-10/h2,4,6-8H,3,5H2,1H3,(H2,19,27)(H2,23,24,25,26). The van der Waals surface area contributed by atoms with Crippen molar-refractivity contribution in [2.45, 2.75) is 19.8 Å². The van der Waals surface area contributed by atoms with Crippen molar-refractivity contribution in [2.75, 3.05) is 5.32 Å². The molecule has 0 spiro atoms. The number of aryl methyl sites for hydroxylation is 2. The van der Waals surface area contributed by atoms with Gasteiger partial charge in [-0.05, 0) is 30.5 Å². The molecule has 138 valence electrons. The molecule has 0 aliphatic carbocycles. The molecule has 0 saturated carbocycles. The number of carbonyl (C=O) groups excluding carboxylic acids is 2. The van der Waals surface area contributed by atoms with Crippen molar-refractivity contribution in [3.8, 4) is 11.3 Å². The largest absolute Gasteiger partial charge is 0.365 e. The summed E-state index contributed by atoms with van der Waals surface area (Å²) in [7, 11) is 0. The number of hydrogen-bond donors (Lipinski definition) is 3. The highest BCUT2D eigenvalue weighted by Crippen LogP contribution is 2.28. The molecule has 3 heterocycles. The number of nitrogens with two attached hydrogens (primary N) is 1. The van der Waals surface area contributed by atoms with E-state index in [4.69, 9.17) is 5.73 Å². The zero-order valence-electron chi connectivity index (χ0n) is 14.4. The number of H-pyrrole nitrogens is 1. The minimum atomic E-state index is -0.743. The lowest BCUT2D eigenvalue weighted by Crippen LogP contribution is -2.18. The van der Waals surface area contributed by atoms with Gasteiger partial charge in [-0.25, -0.2) is 4.98 Å². The van der Waals surface area contributed by atoms with Crippen LogP contribution in [0.1, 0.15) is 27.9 Å². The van der Waals surface area contributed by atoms with Crippen LogP contribution in [0.5, 0.6) is 0 Å². The number of aromatic amines is 1. The van der Waals surface area contributed by atoms with Gasteiger partial charge in [0.2, 0.25) is 11.9 Å². The Balaban J connectivity index is 1.77. The van der Waals surface area contributed by atoms with E-state index < -0.39 is 11.9 Å². The highest BCUT2D eigenvalue weighted by molar-refractivity contribution is 6.06. The van der Waals surface area contributed by atoms with Crippen molar-refractivity contribution >= 4 is 17.6 Å². The van der Waals surface area contributed by atoms with Gasteiger partial charge in [-0.15, -0.1) is 0 Å². The Morgan fingerprint density at radius 2 is 2.00 bits per heavy atom. The van der Waals surface area contributed by atoms with E-state index in [2.05, 4.69) is 30.7 Å². The molecule has 2 amide bonds. The fraction of sp³-hybridized carbons (Fsp3) is 0.176. The van der Waals surface area contributed by atoms with Crippen LogP contribution < -0.4 is 11.1 Å². The van der Waals surface area contributed by atoms with Crippen LogP contribution in [0.2, 0.25) is 0 Å². The van der Waals surface area contributed by atoms with Gasteiger partial charge in [0, 0.05) is 18.2 Å². The molecule has 0 aliphatic rings. The van der Waals surface area contributed by atoms with Crippen molar-refractivity contribution in [1.82, 2.24) is 25.4 Å². The third kappa shape index (κ3) is 4.11. The molecular weight excluding hydrogens is 353 g/mol. The van der Waals surface area contributed by atoms with Gasteiger partial charge < -0.3 is 11.1 Å². The summed E-state index contributed by atoms with van der Waals surface area (Å²) in [4.78, 5) is 27.7.